The van der Waals surface area contributed by atoms with Crippen molar-refractivity contribution >= 4 is 28.3 Å². The van der Waals surface area contributed by atoms with Crippen LogP contribution in [-0.4, -0.2) is 82.1 Å². The lowest BCUT2D eigenvalue weighted by atomic mass is 9.83. The lowest BCUT2D eigenvalue weighted by molar-refractivity contribution is -0.000702. The third-order valence-electron chi connectivity index (χ3n) is 6.99. The number of ether oxygens (including phenoxy) is 1. The molecule has 3 saturated heterocycles. The van der Waals surface area contributed by atoms with Crippen LogP contribution in [0.1, 0.15) is 25.5 Å². The van der Waals surface area contributed by atoms with Crippen LogP contribution in [0.15, 0.2) is 12.3 Å². The number of anilines is 3. The van der Waals surface area contributed by atoms with E-state index in [9.17, 15) is 5.26 Å². The molecule has 0 amide bonds. The van der Waals surface area contributed by atoms with Crippen molar-refractivity contribution in [2.75, 3.05) is 56.6 Å². The third-order valence-corrected chi connectivity index (χ3v) is 7.79. The molecule has 2 atom stereocenters. The van der Waals surface area contributed by atoms with E-state index in [-0.39, 0.29) is 5.54 Å². The first-order valence-corrected chi connectivity index (χ1v) is 12.0. The first-order valence-electron chi connectivity index (χ1n) is 11.2. The molecule has 32 heavy (non-hydrogen) atoms. The minimum Gasteiger partial charge on any atom is -0.491 e. The standard InChI is InChI=1S/C22H30N8OS/c1-15-8-17-12-30(7-6-28(17)11-15)22(4-5-23)13-29(14-22)20-18(31-3)10-24-21(26-20)25-19-9-16(2)27-32-19/h9-10,15,17H,4,6-8,11-14H2,1-3H3,(H,24,25,26)/t15-,17+/m1/s1. The number of hydrogen-bond donors (Lipinski definition) is 1. The van der Waals surface area contributed by atoms with Crippen molar-refractivity contribution in [1.29, 1.82) is 5.26 Å². The second-order valence-electron chi connectivity index (χ2n) is 9.39. The van der Waals surface area contributed by atoms with E-state index >= 15 is 0 Å². The Hall–Kier alpha value is -2.48. The van der Waals surface area contributed by atoms with Gasteiger partial charge in [-0.25, -0.2) is 4.98 Å². The summed E-state index contributed by atoms with van der Waals surface area (Å²) in [6.07, 6.45) is 3.50. The highest BCUT2D eigenvalue weighted by Crippen LogP contribution is 2.40. The van der Waals surface area contributed by atoms with Gasteiger partial charge in [0.25, 0.3) is 0 Å². The van der Waals surface area contributed by atoms with E-state index in [0.29, 0.717) is 24.2 Å². The van der Waals surface area contributed by atoms with E-state index in [0.717, 1.165) is 55.2 Å². The topological polar surface area (TPSA) is 93.4 Å². The van der Waals surface area contributed by atoms with Crippen molar-refractivity contribution in [3.05, 3.63) is 18.0 Å². The Morgan fingerprint density at radius 3 is 2.91 bits per heavy atom. The van der Waals surface area contributed by atoms with Crippen molar-refractivity contribution in [3.63, 3.8) is 0 Å². The fourth-order valence-electron chi connectivity index (χ4n) is 5.44. The van der Waals surface area contributed by atoms with Gasteiger partial charge in [0.1, 0.15) is 5.00 Å². The summed E-state index contributed by atoms with van der Waals surface area (Å²) in [5, 5.41) is 13.8. The Morgan fingerprint density at radius 1 is 1.34 bits per heavy atom. The maximum Gasteiger partial charge on any atom is 0.230 e. The highest BCUT2D eigenvalue weighted by atomic mass is 32.1. The van der Waals surface area contributed by atoms with Gasteiger partial charge in [-0.05, 0) is 36.9 Å². The summed E-state index contributed by atoms with van der Waals surface area (Å²) in [6, 6.07) is 5.06. The molecule has 0 unspecified atom stereocenters. The summed E-state index contributed by atoms with van der Waals surface area (Å²) in [5.74, 6) is 2.71. The molecule has 2 aromatic rings. The average Bonchev–Trinajstić information content (AvgIpc) is 3.33. The van der Waals surface area contributed by atoms with Crippen LogP contribution in [0.2, 0.25) is 0 Å². The smallest absolute Gasteiger partial charge is 0.230 e. The third kappa shape index (κ3) is 3.89. The van der Waals surface area contributed by atoms with Gasteiger partial charge in [0, 0.05) is 45.3 Å². The highest BCUT2D eigenvalue weighted by molar-refractivity contribution is 7.10. The number of hydrogen-bond acceptors (Lipinski definition) is 10. The Morgan fingerprint density at radius 2 is 2.19 bits per heavy atom. The molecule has 0 saturated carbocycles. The molecule has 0 aromatic carbocycles. The van der Waals surface area contributed by atoms with Crippen LogP contribution in [0.25, 0.3) is 0 Å². The predicted octanol–water partition coefficient (Wildman–Crippen LogP) is 2.49. The molecule has 9 nitrogen and oxygen atoms in total. The normalized spacial score (nSPS) is 25.1. The summed E-state index contributed by atoms with van der Waals surface area (Å²) in [5.41, 5.74) is 0.845. The zero-order chi connectivity index (χ0) is 22.3. The lowest BCUT2D eigenvalue weighted by Crippen LogP contribution is -2.73. The number of aromatic nitrogens is 3. The molecule has 170 valence electrons. The molecule has 0 bridgehead atoms. The molecule has 0 spiro atoms. The Labute approximate surface area is 193 Å². The second-order valence-corrected chi connectivity index (χ2v) is 10.2. The van der Waals surface area contributed by atoms with Gasteiger partial charge in [-0.15, -0.1) is 0 Å². The van der Waals surface area contributed by atoms with Crippen LogP contribution < -0.4 is 15.0 Å². The minimum atomic E-state index is -0.120. The fraction of sp³-hybridized carbons (Fsp3) is 0.636. The highest BCUT2D eigenvalue weighted by Gasteiger charge is 2.51. The van der Waals surface area contributed by atoms with Crippen LogP contribution in [0.4, 0.5) is 16.8 Å². The molecule has 0 aliphatic carbocycles. The number of rotatable bonds is 6. The van der Waals surface area contributed by atoms with E-state index < -0.39 is 0 Å². The summed E-state index contributed by atoms with van der Waals surface area (Å²) in [4.78, 5) is 16.6. The molecule has 10 heteroatoms. The molecule has 3 aliphatic heterocycles. The quantitative estimate of drug-likeness (QED) is 0.706. The number of methoxy groups -OCH3 is 1. The van der Waals surface area contributed by atoms with Gasteiger partial charge in [0.2, 0.25) is 5.95 Å². The number of piperazine rings is 1. The van der Waals surface area contributed by atoms with E-state index in [4.69, 9.17) is 9.72 Å². The maximum atomic E-state index is 9.62. The van der Waals surface area contributed by atoms with Crippen molar-refractivity contribution in [1.82, 2.24) is 24.1 Å². The van der Waals surface area contributed by atoms with E-state index in [1.54, 1.807) is 13.3 Å². The first kappa shape index (κ1) is 21.4. The monoisotopic (exact) mass is 454 g/mol. The zero-order valence-electron chi connectivity index (χ0n) is 18.9. The number of nitrogens with one attached hydrogen (secondary N) is 1. The molecular weight excluding hydrogens is 424 g/mol. The first-order chi connectivity index (χ1) is 15.5. The summed E-state index contributed by atoms with van der Waals surface area (Å²) >= 11 is 1.39. The number of aryl methyl sites for hydroxylation is 1. The maximum absolute atomic E-state index is 9.62. The van der Waals surface area contributed by atoms with Crippen molar-refractivity contribution in [2.24, 2.45) is 5.92 Å². The summed E-state index contributed by atoms with van der Waals surface area (Å²) < 4.78 is 9.86. The molecule has 1 N–H and O–H groups in total. The fourth-order valence-corrected chi connectivity index (χ4v) is 6.09. The summed E-state index contributed by atoms with van der Waals surface area (Å²) in [7, 11) is 1.64. The SMILES string of the molecule is COc1cnc(Nc2cc(C)ns2)nc1N1CC(CC#N)(N2CCN3C[C@H](C)C[C@H]3C2)C1. The molecule has 5 rings (SSSR count). The van der Waals surface area contributed by atoms with Crippen LogP contribution in [0.5, 0.6) is 5.75 Å². The molecule has 3 aliphatic rings. The van der Waals surface area contributed by atoms with Gasteiger partial charge in [-0.3, -0.25) is 9.80 Å². The Bertz CT molecular complexity index is 1010. The van der Waals surface area contributed by atoms with E-state index in [1.165, 1.54) is 24.5 Å². The number of fused-ring (bicyclic) bond motifs is 1. The van der Waals surface area contributed by atoms with Crippen LogP contribution in [-0.2, 0) is 0 Å². The molecule has 3 fully saturated rings. The molecule has 2 aromatic heterocycles. The van der Waals surface area contributed by atoms with Gasteiger partial charge in [0.15, 0.2) is 11.6 Å². The Balaban J connectivity index is 1.33. The largest absolute Gasteiger partial charge is 0.491 e. The van der Waals surface area contributed by atoms with E-state index in [1.807, 2.05) is 13.0 Å². The Kier molecular flexibility index (Phi) is 5.65. The van der Waals surface area contributed by atoms with Gasteiger partial charge in [-0.1, -0.05) is 6.92 Å². The zero-order valence-corrected chi connectivity index (χ0v) is 19.7. The lowest BCUT2D eigenvalue weighted by Gasteiger charge is -2.58. The average molecular weight is 455 g/mol. The van der Waals surface area contributed by atoms with Crippen LogP contribution >= 0.6 is 11.5 Å². The van der Waals surface area contributed by atoms with Crippen molar-refractivity contribution in [3.8, 4) is 11.8 Å². The van der Waals surface area contributed by atoms with Crippen LogP contribution in [0.3, 0.4) is 0 Å². The van der Waals surface area contributed by atoms with Crippen molar-refractivity contribution in [2.45, 2.75) is 38.3 Å². The molecule has 5 heterocycles. The van der Waals surface area contributed by atoms with Crippen LogP contribution in [0, 0.1) is 24.2 Å². The van der Waals surface area contributed by atoms with Crippen molar-refractivity contribution < 1.29 is 4.74 Å². The second kappa shape index (κ2) is 8.46. The van der Waals surface area contributed by atoms with Gasteiger partial charge < -0.3 is 15.0 Å². The van der Waals surface area contributed by atoms with E-state index in [2.05, 4.69) is 42.4 Å². The predicted molar refractivity (Wildman–Crippen MR) is 125 cm³/mol. The minimum absolute atomic E-state index is 0.120. The molecular formula is C22H30N8OS. The van der Waals surface area contributed by atoms with Gasteiger partial charge in [-0.2, -0.15) is 14.6 Å². The number of nitriles is 1. The number of nitrogens with zero attached hydrogens (tertiary/aromatic N) is 7. The van der Waals surface area contributed by atoms with Gasteiger partial charge in [0.05, 0.1) is 37.0 Å². The summed E-state index contributed by atoms with van der Waals surface area (Å²) in [6.45, 7) is 10.2. The van der Waals surface area contributed by atoms with Gasteiger partial charge >= 0.3 is 0 Å². The molecule has 0 radical (unpaired) electrons.